The van der Waals surface area contributed by atoms with Gasteiger partial charge in [0.1, 0.15) is 41.0 Å². The molecule has 0 amide bonds. The van der Waals surface area contributed by atoms with Crippen LogP contribution in [-0.2, 0) is 28.6 Å². The first kappa shape index (κ1) is 27.3. The Morgan fingerprint density at radius 3 is 2.53 bits per heavy atom. The van der Waals surface area contributed by atoms with E-state index in [0.29, 0.717) is 5.56 Å². The molecule has 1 aliphatic carbocycles. The Labute approximate surface area is 219 Å². The summed E-state index contributed by atoms with van der Waals surface area (Å²) in [5.41, 5.74) is -2.83. The van der Waals surface area contributed by atoms with Gasteiger partial charge in [0.2, 0.25) is 0 Å². The SMILES string of the molecule is CC(=O)OCC(C)(OC(C)=O)C1C[C@@H]2[C@@H](O)c3c(cc(-c4cccnc4)oc3=O)O[C@@]2(C)[C@H](OC(C)=O)C1. The van der Waals surface area contributed by atoms with Gasteiger partial charge in [0.15, 0.2) is 0 Å². The van der Waals surface area contributed by atoms with Crippen LogP contribution in [0, 0.1) is 11.8 Å². The maximum absolute atomic E-state index is 13.1. The topological polar surface area (TPSA) is 151 Å². The Morgan fingerprint density at radius 2 is 1.92 bits per heavy atom. The Balaban J connectivity index is 1.78. The van der Waals surface area contributed by atoms with Crippen molar-refractivity contribution in [2.75, 3.05) is 6.61 Å². The highest BCUT2D eigenvalue weighted by Crippen LogP contribution is 2.54. The number of esters is 3. The fourth-order valence-electron chi connectivity index (χ4n) is 5.54. The van der Waals surface area contributed by atoms with Crippen molar-refractivity contribution in [2.45, 2.75) is 70.9 Å². The van der Waals surface area contributed by atoms with E-state index in [2.05, 4.69) is 4.98 Å². The lowest BCUT2D eigenvalue weighted by molar-refractivity contribution is -0.215. The third-order valence-electron chi connectivity index (χ3n) is 7.43. The van der Waals surface area contributed by atoms with Crippen LogP contribution in [-0.4, -0.2) is 51.9 Å². The fourth-order valence-corrected chi connectivity index (χ4v) is 5.54. The predicted octanol–water partition coefficient (Wildman–Crippen LogP) is 2.73. The normalized spacial score (nSPS) is 27.5. The number of carbonyl (C=O) groups is 3. The number of pyridine rings is 1. The summed E-state index contributed by atoms with van der Waals surface area (Å²) in [7, 11) is 0. The van der Waals surface area contributed by atoms with Crippen LogP contribution in [0.1, 0.15) is 59.1 Å². The summed E-state index contributed by atoms with van der Waals surface area (Å²) in [4.78, 5) is 52.8. The van der Waals surface area contributed by atoms with E-state index in [1.165, 1.54) is 33.0 Å². The molecule has 2 aromatic heterocycles. The zero-order valence-electron chi connectivity index (χ0n) is 21.9. The average molecular weight is 530 g/mol. The quantitative estimate of drug-likeness (QED) is 0.434. The Kier molecular flexibility index (Phi) is 7.33. The monoisotopic (exact) mass is 529 g/mol. The van der Waals surface area contributed by atoms with Gasteiger partial charge in [-0.25, -0.2) is 4.79 Å². The first-order chi connectivity index (χ1) is 17.8. The summed E-state index contributed by atoms with van der Waals surface area (Å²) in [5, 5.41) is 11.5. The van der Waals surface area contributed by atoms with Crippen LogP contribution < -0.4 is 10.4 Å². The molecule has 0 radical (unpaired) electrons. The van der Waals surface area contributed by atoms with Crippen molar-refractivity contribution in [3.63, 3.8) is 0 Å². The number of aliphatic hydroxyl groups is 1. The molecule has 2 unspecified atom stereocenters. The minimum Gasteiger partial charge on any atom is -0.482 e. The summed E-state index contributed by atoms with van der Waals surface area (Å²) in [6, 6.07) is 4.92. The number of aromatic nitrogens is 1. The van der Waals surface area contributed by atoms with E-state index in [0.717, 1.165) is 0 Å². The molecule has 6 atom stereocenters. The van der Waals surface area contributed by atoms with Crippen molar-refractivity contribution in [3.8, 4) is 17.1 Å². The van der Waals surface area contributed by atoms with E-state index >= 15 is 0 Å². The van der Waals surface area contributed by atoms with Crippen LogP contribution in [0.4, 0.5) is 0 Å². The van der Waals surface area contributed by atoms with Crippen LogP contribution >= 0.6 is 0 Å². The van der Waals surface area contributed by atoms with Crippen molar-refractivity contribution in [3.05, 3.63) is 46.6 Å². The van der Waals surface area contributed by atoms with Crippen LogP contribution in [0.25, 0.3) is 11.3 Å². The van der Waals surface area contributed by atoms with Gasteiger partial charge in [-0.15, -0.1) is 0 Å². The maximum Gasteiger partial charge on any atom is 0.345 e. The van der Waals surface area contributed by atoms with E-state index in [1.54, 1.807) is 32.2 Å². The number of hydrogen-bond acceptors (Lipinski definition) is 11. The lowest BCUT2D eigenvalue weighted by Gasteiger charge is -2.54. The molecule has 3 heterocycles. The molecule has 0 bridgehead atoms. The first-order valence-corrected chi connectivity index (χ1v) is 12.3. The van der Waals surface area contributed by atoms with Crippen molar-refractivity contribution in [1.82, 2.24) is 4.98 Å². The van der Waals surface area contributed by atoms with Crippen LogP contribution in [0.15, 0.2) is 39.8 Å². The van der Waals surface area contributed by atoms with E-state index in [-0.39, 0.29) is 36.5 Å². The summed E-state index contributed by atoms with van der Waals surface area (Å²) in [6.07, 6.45) is 1.24. The van der Waals surface area contributed by atoms with Gasteiger partial charge in [-0.05, 0) is 38.8 Å². The molecule has 1 saturated carbocycles. The second-order valence-corrected chi connectivity index (χ2v) is 10.2. The van der Waals surface area contributed by atoms with Gasteiger partial charge >= 0.3 is 23.5 Å². The van der Waals surface area contributed by atoms with Gasteiger partial charge in [-0.3, -0.25) is 19.4 Å². The second-order valence-electron chi connectivity index (χ2n) is 10.2. The summed E-state index contributed by atoms with van der Waals surface area (Å²) in [6.45, 7) is 6.82. The van der Waals surface area contributed by atoms with Crippen molar-refractivity contribution in [1.29, 1.82) is 0 Å². The highest BCUT2D eigenvalue weighted by Gasteiger charge is 2.60. The van der Waals surface area contributed by atoms with Crippen molar-refractivity contribution >= 4 is 17.9 Å². The Morgan fingerprint density at radius 1 is 1.18 bits per heavy atom. The number of hydrogen-bond donors (Lipinski definition) is 1. The third kappa shape index (κ3) is 5.15. The van der Waals surface area contributed by atoms with Crippen LogP contribution in [0.5, 0.6) is 5.75 Å². The third-order valence-corrected chi connectivity index (χ3v) is 7.43. The summed E-state index contributed by atoms with van der Waals surface area (Å²) in [5.74, 6) is -2.70. The summed E-state index contributed by atoms with van der Waals surface area (Å²) >= 11 is 0. The van der Waals surface area contributed by atoms with Crippen molar-refractivity contribution < 1.29 is 42.9 Å². The van der Waals surface area contributed by atoms with Gasteiger partial charge < -0.3 is 28.5 Å². The number of aliphatic hydroxyl groups excluding tert-OH is 1. The van der Waals surface area contributed by atoms with Gasteiger partial charge in [0.05, 0.1) is 6.10 Å². The Bertz CT molecular complexity index is 1290. The molecule has 0 aromatic carbocycles. The molecule has 0 spiro atoms. The molecule has 0 saturated heterocycles. The zero-order chi connectivity index (χ0) is 27.8. The predicted molar refractivity (Wildman–Crippen MR) is 131 cm³/mol. The molecular formula is C27H31NO10. The van der Waals surface area contributed by atoms with Gasteiger partial charge in [-0.1, -0.05) is 0 Å². The zero-order valence-corrected chi connectivity index (χ0v) is 21.9. The van der Waals surface area contributed by atoms with E-state index < -0.39 is 58.8 Å². The molecule has 4 rings (SSSR count). The molecule has 11 nitrogen and oxygen atoms in total. The van der Waals surface area contributed by atoms with E-state index in [1.807, 2.05) is 0 Å². The standard InChI is InChI=1S/C27H31NO10/c1-14(29)34-13-26(4,37-16(3)31)18-9-19-24(32)23-21(38-27(19,5)22(10-18)35-15(2)30)11-20(36-25(23)33)17-7-6-8-28-12-17/h6-8,11-12,18-19,22,24,32H,9-10,13H2,1-5H3/t18?,19-,22-,24-,26?,27-/m1/s1. The molecule has 204 valence electrons. The molecule has 11 heteroatoms. The molecule has 2 aliphatic rings. The largest absolute Gasteiger partial charge is 0.482 e. The highest BCUT2D eigenvalue weighted by atomic mass is 16.6. The Hall–Kier alpha value is -3.73. The van der Waals surface area contributed by atoms with E-state index in [4.69, 9.17) is 23.4 Å². The molecule has 1 fully saturated rings. The van der Waals surface area contributed by atoms with Gasteiger partial charge in [0.25, 0.3) is 0 Å². The fraction of sp³-hybridized carbons (Fsp3) is 0.519. The van der Waals surface area contributed by atoms with Gasteiger partial charge in [-0.2, -0.15) is 0 Å². The molecule has 2 aromatic rings. The lowest BCUT2D eigenvalue weighted by Crippen LogP contribution is -2.63. The lowest BCUT2D eigenvalue weighted by atomic mass is 9.62. The number of fused-ring (bicyclic) bond motifs is 2. The van der Waals surface area contributed by atoms with E-state index in [9.17, 15) is 24.3 Å². The van der Waals surface area contributed by atoms with Crippen molar-refractivity contribution in [2.24, 2.45) is 11.8 Å². The van der Waals surface area contributed by atoms with Gasteiger partial charge in [0, 0.05) is 56.6 Å². The highest BCUT2D eigenvalue weighted by molar-refractivity contribution is 5.68. The maximum atomic E-state index is 13.1. The number of carbonyl (C=O) groups excluding carboxylic acids is 3. The average Bonchev–Trinajstić information content (AvgIpc) is 2.83. The first-order valence-electron chi connectivity index (χ1n) is 12.3. The smallest absolute Gasteiger partial charge is 0.345 e. The van der Waals surface area contributed by atoms with Crippen LogP contribution in [0.2, 0.25) is 0 Å². The molecular weight excluding hydrogens is 498 g/mol. The molecule has 1 N–H and O–H groups in total. The van der Waals surface area contributed by atoms with Crippen LogP contribution in [0.3, 0.4) is 0 Å². The summed E-state index contributed by atoms with van der Waals surface area (Å²) < 4.78 is 28.4. The molecule has 1 aliphatic heterocycles. The minimum atomic E-state index is -1.35. The number of rotatable bonds is 6. The second kappa shape index (κ2) is 10.2. The minimum absolute atomic E-state index is 0.0588. The number of ether oxygens (including phenoxy) is 4. The molecule has 38 heavy (non-hydrogen) atoms. The number of nitrogens with zero attached hydrogens (tertiary/aromatic N) is 1.